The smallest absolute Gasteiger partial charge is 0.412 e. The third-order valence-corrected chi connectivity index (χ3v) is 2.88. The zero-order valence-electron chi connectivity index (χ0n) is 11.7. The second-order valence-electron chi connectivity index (χ2n) is 4.52. The fraction of sp³-hybridized carbons (Fsp3) is 0.250. The molecule has 110 valence electrons. The highest BCUT2D eigenvalue weighted by Gasteiger charge is 2.25. The van der Waals surface area contributed by atoms with Crippen molar-refractivity contribution >= 4 is 17.6 Å². The molecule has 0 saturated heterocycles. The van der Waals surface area contributed by atoms with Crippen LogP contribution in [-0.2, 0) is 4.74 Å². The summed E-state index contributed by atoms with van der Waals surface area (Å²) in [6.07, 6.45) is 1.09. The number of Topliss-reactive ketones (excluding diaryl/α,β-unsaturated/α-hetero) is 1. The van der Waals surface area contributed by atoms with Crippen LogP contribution in [0.1, 0.15) is 30.3 Å². The summed E-state index contributed by atoms with van der Waals surface area (Å²) in [6.45, 7) is 1.92. The highest BCUT2D eigenvalue weighted by atomic mass is 16.6. The van der Waals surface area contributed by atoms with Gasteiger partial charge in [0.15, 0.2) is 11.9 Å². The number of ether oxygens (including phenoxy) is 1. The quantitative estimate of drug-likeness (QED) is 0.819. The van der Waals surface area contributed by atoms with Gasteiger partial charge in [0.05, 0.1) is 6.26 Å². The van der Waals surface area contributed by atoms with Gasteiger partial charge >= 0.3 is 6.09 Å². The van der Waals surface area contributed by atoms with E-state index in [1.54, 1.807) is 36.4 Å². The summed E-state index contributed by atoms with van der Waals surface area (Å²) < 4.78 is 10.3. The van der Waals surface area contributed by atoms with Gasteiger partial charge in [0.1, 0.15) is 0 Å². The van der Waals surface area contributed by atoms with Crippen LogP contribution >= 0.6 is 0 Å². The second-order valence-corrected chi connectivity index (χ2v) is 4.52. The maximum atomic E-state index is 12.2. The van der Waals surface area contributed by atoms with E-state index in [0.717, 1.165) is 6.42 Å². The molecule has 1 unspecified atom stereocenters. The molecule has 0 saturated carbocycles. The van der Waals surface area contributed by atoms with Gasteiger partial charge in [-0.1, -0.05) is 31.5 Å². The lowest BCUT2D eigenvalue weighted by Crippen LogP contribution is -2.29. The summed E-state index contributed by atoms with van der Waals surface area (Å²) in [5.41, 5.74) is 0.614. The van der Waals surface area contributed by atoms with Crippen LogP contribution in [0.25, 0.3) is 0 Å². The molecular formula is C16H17NO4. The van der Waals surface area contributed by atoms with Crippen molar-refractivity contribution in [3.63, 3.8) is 0 Å². The minimum absolute atomic E-state index is 0.195. The van der Waals surface area contributed by atoms with Crippen molar-refractivity contribution in [3.05, 3.63) is 54.5 Å². The molecule has 1 aromatic carbocycles. The highest BCUT2D eigenvalue weighted by molar-refractivity contribution is 5.98. The predicted molar refractivity (Wildman–Crippen MR) is 78.3 cm³/mol. The van der Waals surface area contributed by atoms with Gasteiger partial charge in [0.25, 0.3) is 0 Å². The van der Waals surface area contributed by atoms with E-state index in [9.17, 15) is 9.59 Å². The van der Waals surface area contributed by atoms with E-state index in [0.29, 0.717) is 12.1 Å². The van der Waals surface area contributed by atoms with E-state index in [2.05, 4.69) is 5.32 Å². The molecule has 2 rings (SSSR count). The fourth-order valence-corrected chi connectivity index (χ4v) is 1.88. The first-order valence-electron chi connectivity index (χ1n) is 6.81. The monoisotopic (exact) mass is 287 g/mol. The van der Waals surface area contributed by atoms with Crippen molar-refractivity contribution in [1.29, 1.82) is 0 Å². The molecule has 0 radical (unpaired) electrons. The molecule has 1 heterocycles. The summed E-state index contributed by atoms with van der Waals surface area (Å²) in [5.74, 6) is -0.133. The number of amides is 1. The molecule has 1 atom stereocenters. The maximum absolute atomic E-state index is 12.2. The van der Waals surface area contributed by atoms with Crippen LogP contribution in [0.2, 0.25) is 0 Å². The lowest BCUT2D eigenvalue weighted by Gasteiger charge is -2.15. The Hall–Kier alpha value is -2.56. The topological polar surface area (TPSA) is 68.5 Å². The summed E-state index contributed by atoms with van der Waals surface area (Å²) in [4.78, 5) is 24.0. The molecule has 5 heteroatoms. The Bertz CT molecular complexity index is 578. The number of nitrogens with one attached hydrogen (secondary N) is 1. The van der Waals surface area contributed by atoms with Crippen LogP contribution in [0.4, 0.5) is 10.5 Å². The molecule has 0 aliphatic rings. The Labute approximate surface area is 122 Å². The van der Waals surface area contributed by atoms with Gasteiger partial charge in [0, 0.05) is 5.69 Å². The minimum Gasteiger partial charge on any atom is -0.461 e. The van der Waals surface area contributed by atoms with Gasteiger partial charge in [-0.3, -0.25) is 10.1 Å². The van der Waals surface area contributed by atoms with E-state index in [1.165, 1.54) is 6.26 Å². The number of furan rings is 1. The molecule has 1 N–H and O–H groups in total. The molecule has 5 nitrogen and oxygen atoms in total. The zero-order chi connectivity index (χ0) is 15.1. The number of hydrogen-bond donors (Lipinski definition) is 1. The zero-order valence-corrected chi connectivity index (χ0v) is 11.7. The molecule has 1 amide bonds. The lowest BCUT2D eigenvalue weighted by atomic mass is 10.1. The standard InChI is InChI=1S/C16H17NO4/c1-2-7-14(15(18)13-10-6-11-20-13)21-16(19)17-12-8-4-3-5-9-12/h3-6,8-11,14H,2,7H2,1H3,(H,17,19). The van der Waals surface area contributed by atoms with Gasteiger partial charge in [0.2, 0.25) is 5.78 Å². The second kappa shape index (κ2) is 7.28. The first kappa shape index (κ1) is 14.8. The van der Waals surface area contributed by atoms with E-state index in [4.69, 9.17) is 9.15 Å². The Kier molecular flexibility index (Phi) is 5.15. The fourth-order valence-electron chi connectivity index (χ4n) is 1.88. The highest BCUT2D eigenvalue weighted by Crippen LogP contribution is 2.13. The molecular weight excluding hydrogens is 270 g/mol. The van der Waals surface area contributed by atoms with E-state index >= 15 is 0 Å². The van der Waals surface area contributed by atoms with Crippen molar-refractivity contribution in [2.24, 2.45) is 0 Å². The van der Waals surface area contributed by atoms with Crippen LogP contribution in [-0.4, -0.2) is 18.0 Å². The van der Waals surface area contributed by atoms with Crippen LogP contribution in [0.15, 0.2) is 53.1 Å². The SMILES string of the molecule is CCCC(OC(=O)Nc1ccccc1)C(=O)c1ccco1. The first-order valence-corrected chi connectivity index (χ1v) is 6.81. The molecule has 2 aromatic rings. The van der Waals surface area contributed by atoms with Crippen LogP contribution in [0.3, 0.4) is 0 Å². The van der Waals surface area contributed by atoms with Gasteiger partial charge in [-0.05, 0) is 30.7 Å². The third kappa shape index (κ3) is 4.21. The van der Waals surface area contributed by atoms with Crippen molar-refractivity contribution in [1.82, 2.24) is 0 Å². The van der Waals surface area contributed by atoms with Crippen molar-refractivity contribution in [3.8, 4) is 0 Å². The number of benzene rings is 1. The van der Waals surface area contributed by atoms with Gasteiger partial charge in [-0.15, -0.1) is 0 Å². The summed E-state index contributed by atoms with van der Waals surface area (Å²) in [7, 11) is 0. The van der Waals surface area contributed by atoms with Crippen molar-refractivity contribution < 1.29 is 18.7 Å². The minimum atomic E-state index is -0.843. The van der Waals surface area contributed by atoms with E-state index < -0.39 is 12.2 Å². The predicted octanol–water partition coefficient (Wildman–Crippen LogP) is 3.88. The summed E-state index contributed by atoms with van der Waals surface area (Å²) in [5, 5.41) is 2.59. The van der Waals surface area contributed by atoms with Crippen LogP contribution < -0.4 is 5.32 Å². The molecule has 0 aliphatic heterocycles. The number of carbonyl (C=O) groups is 2. The molecule has 0 spiro atoms. The average Bonchev–Trinajstić information content (AvgIpc) is 3.01. The Morgan fingerprint density at radius 1 is 1.19 bits per heavy atom. The molecule has 0 fully saturated rings. The van der Waals surface area contributed by atoms with Crippen LogP contribution in [0, 0.1) is 0 Å². The number of hydrogen-bond acceptors (Lipinski definition) is 4. The van der Waals surface area contributed by atoms with Crippen molar-refractivity contribution in [2.75, 3.05) is 5.32 Å². The number of anilines is 1. The number of para-hydroxylation sites is 1. The van der Waals surface area contributed by atoms with E-state index in [-0.39, 0.29) is 11.5 Å². The molecule has 0 aliphatic carbocycles. The van der Waals surface area contributed by atoms with Gasteiger partial charge in [-0.25, -0.2) is 4.79 Å². The van der Waals surface area contributed by atoms with Crippen molar-refractivity contribution in [2.45, 2.75) is 25.9 Å². The lowest BCUT2D eigenvalue weighted by molar-refractivity contribution is 0.0619. The molecule has 0 bridgehead atoms. The number of carbonyl (C=O) groups excluding carboxylic acids is 2. The van der Waals surface area contributed by atoms with Crippen LogP contribution in [0.5, 0.6) is 0 Å². The van der Waals surface area contributed by atoms with Gasteiger partial charge < -0.3 is 9.15 Å². The maximum Gasteiger partial charge on any atom is 0.412 e. The summed E-state index contributed by atoms with van der Waals surface area (Å²) >= 11 is 0. The average molecular weight is 287 g/mol. The van der Waals surface area contributed by atoms with E-state index in [1.807, 2.05) is 13.0 Å². The molecule has 1 aromatic heterocycles. The Balaban J connectivity index is 1.99. The molecule has 21 heavy (non-hydrogen) atoms. The Morgan fingerprint density at radius 2 is 1.95 bits per heavy atom. The Morgan fingerprint density at radius 3 is 2.57 bits per heavy atom. The normalized spacial score (nSPS) is 11.7. The summed E-state index contributed by atoms with van der Waals surface area (Å²) in [6, 6.07) is 12.1. The largest absolute Gasteiger partial charge is 0.461 e. The van der Waals surface area contributed by atoms with Gasteiger partial charge in [-0.2, -0.15) is 0 Å². The third-order valence-electron chi connectivity index (χ3n) is 2.88. The first-order chi connectivity index (χ1) is 10.2. The number of rotatable bonds is 6. The number of ketones is 1.